The largest absolute Gasteiger partial charge is 0.338 e. The third-order valence-corrected chi connectivity index (χ3v) is 5.83. The van der Waals surface area contributed by atoms with Crippen LogP contribution in [0.5, 0.6) is 0 Å². The maximum atomic E-state index is 12.9. The summed E-state index contributed by atoms with van der Waals surface area (Å²) in [4.78, 5) is 31.0. The molecule has 0 radical (unpaired) electrons. The van der Waals surface area contributed by atoms with Crippen LogP contribution in [0.3, 0.4) is 0 Å². The lowest BCUT2D eigenvalue weighted by atomic mass is 9.85. The van der Waals surface area contributed by atoms with Crippen molar-refractivity contribution in [2.24, 2.45) is 13.0 Å². The molecule has 1 unspecified atom stereocenters. The molecule has 138 valence electrons. The van der Waals surface area contributed by atoms with E-state index in [0.717, 1.165) is 37.7 Å². The standard InChI is InChI=1S/C20H26N4O2/c1-22-13-17(7-8-18(22)25)20(26)24-10-3-6-16(14-24)19-21-9-11-23(19)12-15-4-2-5-15/h7-9,11,13,15-16H,2-6,10,12,14H2,1H3. The van der Waals surface area contributed by atoms with Crippen molar-refractivity contribution in [1.82, 2.24) is 19.0 Å². The first-order chi connectivity index (χ1) is 12.6. The van der Waals surface area contributed by atoms with E-state index >= 15 is 0 Å². The number of piperidine rings is 1. The Hall–Kier alpha value is -2.37. The zero-order valence-corrected chi connectivity index (χ0v) is 15.3. The number of amides is 1. The van der Waals surface area contributed by atoms with Crippen molar-refractivity contribution in [1.29, 1.82) is 0 Å². The second kappa shape index (κ2) is 7.09. The predicted molar refractivity (Wildman–Crippen MR) is 99.1 cm³/mol. The molecule has 3 heterocycles. The van der Waals surface area contributed by atoms with E-state index in [1.807, 2.05) is 11.1 Å². The highest BCUT2D eigenvalue weighted by molar-refractivity contribution is 5.94. The highest BCUT2D eigenvalue weighted by atomic mass is 16.2. The molecule has 1 amide bonds. The summed E-state index contributed by atoms with van der Waals surface area (Å²) < 4.78 is 3.76. The maximum absolute atomic E-state index is 12.9. The average Bonchev–Trinajstić information content (AvgIpc) is 3.08. The van der Waals surface area contributed by atoms with Gasteiger partial charge in [0.05, 0.1) is 5.56 Å². The first-order valence-corrected chi connectivity index (χ1v) is 9.59. The Morgan fingerprint density at radius 1 is 1.23 bits per heavy atom. The van der Waals surface area contributed by atoms with E-state index in [-0.39, 0.29) is 17.4 Å². The molecule has 6 nitrogen and oxygen atoms in total. The summed E-state index contributed by atoms with van der Waals surface area (Å²) in [7, 11) is 1.68. The number of pyridine rings is 1. The molecule has 2 aliphatic rings. The van der Waals surface area contributed by atoms with Crippen LogP contribution >= 0.6 is 0 Å². The van der Waals surface area contributed by atoms with Gasteiger partial charge in [-0.25, -0.2) is 4.98 Å². The molecule has 0 N–H and O–H groups in total. The van der Waals surface area contributed by atoms with Gasteiger partial charge in [-0.2, -0.15) is 0 Å². The van der Waals surface area contributed by atoms with Gasteiger partial charge in [-0.15, -0.1) is 0 Å². The van der Waals surface area contributed by atoms with Crippen molar-refractivity contribution in [3.63, 3.8) is 0 Å². The van der Waals surface area contributed by atoms with Gasteiger partial charge in [0, 0.05) is 57.3 Å². The van der Waals surface area contributed by atoms with Gasteiger partial charge < -0.3 is 14.0 Å². The highest BCUT2D eigenvalue weighted by Gasteiger charge is 2.29. The molecule has 6 heteroatoms. The number of hydrogen-bond donors (Lipinski definition) is 0. The van der Waals surface area contributed by atoms with Gasteiger partial charge in [0.25, 0.3) is 5.91 Å². The Morgan fingerprint density at radius 3 is 2.81 bits per heavy atom. The number of imidazole rings is 1. The van der Waals surface area contributed by atoms with Crippen molar-refractivity contribution in [2.75, 3.05) is 13.1 Å². The summed E-state index contributed by atoms with van der Waals surface area (Å²) in [5, 5.41) is 0. The first kappa shape index (κ1) is 17.1. The molecule has 2 fully saturated rings. The van der Waals surface area contributed by atoms with Gasteiger partial charge in [-0.1, -0.05) is 6.42 Å². The average molecular weight is 354 g/mol. The topological polar surface area (TPSA) is 60.1 Å². The van der Waals surface area contributed by atoms with Crippen LogP contribution in [0.15, 0.2) is 35.5 Å². The minimum absolute atomic E-state index is 0.00222. The van der Waals surface area contributed by atoms with Gasteiger partial charge in [-0.05, 0) is 37.7 Å². The maximum Gasteiger partial charge on any atom is 0.255 e. The van der Waals surface area contributed by atoms with E-state index in [4.69, 9.17) is 0 Å². The Labute approximate surface area is 153 Å². The quantitative estimate of drug-likeness (QED) is 0.847. The van der Waals surface area contributed by atoms with Crippen LogP contribution in [0, 0.1) is 5.92 Å². The number of hydrogen-bond acceptors (Lipinski definition) is 3. The molecule has 1 saturated heterocycles. The van der Waals surface area contributed by atoms with E-state index in [1.54, 1.807) is 19.3 Å². The first-order valence-electron chi connectivity index (χ1n) is 9.59. The Kier molecular flexibility index (Phi) is 4.66. The zero-order valence-electron chi connectivity index (χ0n) is 15.3. The minimum Gasteiger partial charge on any atom is -0.338 e. The number of rotatable bonds is 4. The molecule has 1 saturated carbocycles. The van der Waals surface area contributed by atoms with Gasteiger partial charge in [0.15, 0.2) is 0 Å². The molecule has 2 aromatic heterocycles. The van der Waals surface area contributed by atoms with E-state index in [2.05, 4.69) is 15.7 Å². The summed E-state index contributed by atoms with van der Waals surface area (Å²) in [6.07, 6.45) is 11.6. The van der Waals surface area contributed by atoms with Crippen LogP contribution in [0.4, 0.5) is 0 Å². The normalized spacial score (nSPS) is 20.8. The molecular weight excluding hydrogens is 328 g/mol. The summed E-state index contributed by atoms with van der Waals surface area (Å²) in [5.74, 6) is 2.20. The molecule has 26 heavy (non-hydrogen) atoms. The number of aromatic nitrogens is 3. The Bertz CT molecular complexity index is 849. The molecular formula is C20H26N4O2. The molecule has 0 bridgehead atoms. The van der Waals surface area contributed by atoms with E-state index in [0.29, 0.717) is 12.1 Å². The smallest absolute Gasteiger partial charge is 0.255 e. The second-order valence-corrected chi connectivity index (χ2v) is 7.69. The van der Waals surface area contributed by atoms with Gasteiger partial charge >= 0.3 is 0 Å². The lowest BCUT2D eigenvalue weighted by molar-refractivity contribution is 0.0701. The number of likely N-dealkylation sites (tertiary alicyclic amines) is 1. The van der Waals surface area contributed by atoms with E-state index in [1.165, 1.54) is 29.9 Å². The van der Waals surface area contributed by atoms with Crippen LogP contribution in [-0.2, 0) is 13.6 Å². The summed E-state index contributed by atoms with van der Waals surface area (Å²) in [6.45, 7) is 2.52. The van der Waals surface area contributed by atoms with Crippen LogP contribution in [0.25, 0.3) is 0 Å². The Morgan fingerprint density at radius 2 is 2.08 bits per heavy atom. The monoisotopic (exact) mass is 354 g/mol. The van der Waals surface area contributed by atoms with Crippen LogP contribution in [-0.4, -0.2) is 38.0 Å². The fourth-order valence-electron chi connectivity index (χ4n) is 4.06. The van der Waals surface area contributed by atoms with Crippen LogP contribution < -0.4 is 5.56 Å². The van der Waals surface area contributed by atoms with Crippen molar-refractivity contribution >= 4 is 5.91 Å². The molecule has 2 aromatic rings. The summed E-state index contributed by atoms with van der Waals surface area (Å²) in [6, 6.07) is 3.09. The predicted octanol–water partition coefficient (Wildman–Crippen LogP) is 2.40. The molecule has 1 atom stereocenters. The Balaban J connectivity index is 1.49. The number of carbonyl (C=O) groups is 1. The third kappa shape index (κ3) is 3.32. The lowest BCUT2D eigenvalue weighted by Crippen LogP contribution is -2.40. The van der Waals surface area contributed by atoms with Gasteiger partial charge in [0.1, 0.15) is 5.82 Å². The molecule has 1 aliphatic heterocycles. The molecule has 1 aliphatic carbocycles. The van der Waals surface area contributed by atoms with Gasteiger partial charge in [0.2, 0.25) is 5.56 Å². The molecule has 0 aromatic carbocycles. The van der Waals surface area contributed by atoms with Crippen LogP contribution in [0.2, 0.25) is 0 Å². The van der Waals surface area contributed by atoms with E-state index in [9.17, 15) is 9.59 Å². The van der Waals surface area contributed by atoms with Crippen molar-refractivity contribution in [3.05, 3.63) is 52.5 Å². The summed E-state index contributed by atoms with van der Waals surface area (Å²) in [5.41, 5.74) is 0.474. The molecule has 0 spiro atoms. The third-order valence-electron chi connectivity index (χ3n) is 5.83. The molecule has 4 rings (SSSR count). The van der Waals surface area contributed by atoms with Crippen molar-refractivity contribution < 1.29 is 4.79 Å². The summed E-state index contributed by atoms with van der Waals surface area (Å²) >= 11 is 0. The van der Waals surface area contributed by atoms with E-state index < -0.39 is 0 Å². The number of carbonyl (C=O) groups excluding carboxylic acids is 1. The fraction of sp³-hybridized carbons (Fsp3) is 0.550. The van der Waals surface area contributed by atoms with Crippen LogP contribution in [0.1, 0.15) is 54.2 Å². The number of aryl methyl sites for hydroxylation is 1. The fourth-order valence-corrected chi connectivity index (χ4v) is 4.06. The lowest BCUT2D eigenvalue weighted by Gasteiger charge is -2.33. The van der Waals surface area contributed by atoms with Gasteiger partial charge in [-0.3, -0.25) is 9.59 Å². The minimum atomic E-state index is -0.101. The second-order valence-electron chi connectivity index (χ2n) is 7.69. The SMILES string of the molecule is Cn1cc(C(=O)N2CCCC(c3nccn3CC3CCC3)C2)ccc1=O. The number of nitrogens with zero attached hydrogens (tertiary/aromatic N) is 4. The van der Waals surface area contributed by atoms with Crippen molar-refractivity contribution in [3.8, 4) is 0 Å². The zero-order chi connectivity index (χ0) is 18.1. The van der Waals surface area contributed by atoms with Crippen molar-refractivity contribution in [2.45, 2.75) is 44.6 Å². The highest BCUT2D eigenvalue weighted by Crippen LogP contribution is 2.31.